The molecule has 0 spiro atoms. The van der Waals surface area contributed by atoms with Gasteiger partial charge < -0.3 is 15.1 Å². The molecule has 2 atom stereocenters. The van der Waals surface area contributed by atoms with Crippen molar-refractivity contribution in [2.24, 2.45) is 11.8 Å². The average molecular weight is 435 g/mol. The van der Waals surface area contributed by atoms with Crippen LogP contribution in [0.15, 0.2) is 0 Å². The summed E-state index contributed by atoms with van der Waals surface area (Å²) in [4.78, 5) is 44.7. The molecule has 1 N–H and O–H groups in total. The van der Waals surface area contributed by atoms with Crippen LogP contribution in [0.5, 0.6) is 0 Å². The zero-order chi connectivity index (χ0) is 22.6. The first kappa shape index (κ1) is 24.0. The third-order valence-electron chi connectivity index (χ3n) is 7.68. The molecule has 7 nitrogen and oxygen atoms in total. The number of carbonyl (C=O) groups excluding carboxylic acids is 3. The van der Waals surface area contributed by atoms with E-state index >= 15 is 0 Å². The minimum Gasteiger partial charge on any atom is -0.343 e. The summed E-state index contributed by atoms with van der Waals surface area (Å²) in [5, 5.41) is 3.13. The molecule has 4 amide bonds. The van der Waals surface area contributed by atoms with E-state index in [4.69, 9.17) is 0 Å². The summed E-state index contributed by atoms with van der Waals surface area (Å²) >= 11 is 0. The van der Waals surface area contributed by atoms with E-state index in [2.05, 4.69) is 38.0 Å². The van der Waals surface area contributed by atoms with Crippen molar-refractivity contribution in [2.45, 2.75) is 90.1 Å². The summed E-state index contributed by atoms with van der Waals surface area (Å²) in [6.07, 6.45) is 7.76. The second-order valence-corrected chi connectivity index (χ2v) is 10.3. The molecular weight excluding hydrogens is 392 g/mol. The van der Waals surface area contributed by atoms with Gasteiger partial charge in [-0.15, -0.1) is 0 Å². The number of imide groups is 1. The highest BCUT2D eigenvalue weighted by molar-refractivity contribution is 6.07. The molecule has 3 rings (SSSR count). The Kier molecular flexibility index (Phi) is 8.00. The Morgan fingerprint density at radius 1 is 1.16 bits per heavy atom. The van der Waals surface area contributed by atoms with E-state index in [1.54, 1.807) is 0 Å². The average Bonchev–Trinajstić information content (AvgIpc) is 3.26. The largest absolute Gasteiger partial charge is 0.343 e. The van der Waals surface area contributed by atoms with Crippen LogP contribution in [0.2, 0.25) is 0 Å². The maximum absolute atomic E-state index is 13.6. The fourth-order valence-electron chi connectivity index (χ4n) is 5.71. The van der Waals surface area contributed by atoms with Crippen molar-refractivity contribution >= 4 is 17.8 Å². The maximum Gasteiger partial charge on any atom is 0.325 e. The minimum absolute atomic E-state index is 0.0374. The number of hydrogen-bond acceptors (Lipinski definition) is 4. The molecule has 3 aliphatic heterocycles. The molecule has 3 saturated heterocycles. The van der Waals surface area contributed by atoms with E-state index in [9.17, 15) is 14.4 Å². The minimum atomic E-state index is -0.791. The van der Waals surface area contributed by atoms with Crippen molar-refractivity contribution in [1.29, 1.82) is 0 Å². The SMILES string of the molecule is CCC[C@@]1(C2CCN(C(=O)CCC(C)C)CC2)NC(=O)N(CC[C@@H]2CCCN2C)C1=O. The lowest BCUT2D eigenvalue weighted by molar-refractivity contribution is -0.136. The molecule has 31 heavy (non-hydrogen) atoms. The van der Waals surface area contributed by atoms with Crippen LogP contribution < -0.4 is 5.32 Å². The molecule has 7 heteroatoms. The molecule has 0 radical (unpaired) electrons. The summed E-state index contributed by atoms with van der Waals surface area (Å²) < 4.78 is 0. The lowest BCUT2D eigenvalue weighted by atomic mass is 9.74. The maximum atomic E-state index is 13.6. The Hall–Kier alpha value is -1.63. The summed E-state index contributed by atoms with van der Waals surface area (Å²) in [6, 6.07) is 0.233. The van der Waals surface area contributed by atoms with Gasteiger partial charge in [0.25, 0.3) is 5.91 Å². The highest BCUT2D eigenvalue weighted by atomic mass is 16.2. The number of carbonyl (C=O) groups is 3. The molecule has 0 unspecified atom stereocenters. The lowest BCUT2D eigenvalue weighted by Gasteiger charge is -2.41. The number of piperidine rings is 1. The molecule has 0 saturated carbocycles. The molecule has 176 valence electrons. The van der Waals surface area contributed by atoms with E-state index in [0.29, 0.717) is 44.4 Å². The van der Waals surface area contributed by atoms with Crippen LogP contribution in [0.4, 0.5) is 4.79 Å². The molecule has 0 bridgehead atoms. The number of rotatable bonds is 9. The highest BCUT2D eigenvalue weighted by Crippen LogP contribution is 2.37. The molecule has 0 aliphatic carbocycles. The third-order valence-corrected chi connectivity index (χ3v) is 7.68. The van der Waals surface area contributed by atoms with Crippen LogP contribution in [-0.4, -0.2) is 77.4 Å². The zero-order valence-corrected chi connectivity index (χ0v) is 20.0. The Morgan fingerprint density at radius 2 is 1.87 bits per heavy atom. The van der Waals surface area contributed by atoms with E-state index in [0.717, 1.165) is 45.1 Å². The van der Waals surface area contributed by atoms with Crippen LogP contribution >= 0.6 is 0 Å². The summed E-state index contributed by atoms with van der Waals surface area (Å²) in [7, 11) is 2.13. The smallest absolute Gasteiger partial charge is 0.325 e. The van der Waals surface area contributed by atoms with Crippen molar-refractivity contribution in [3.63, 3.8) is 0 Å². The van der Waals surface area contributed by atoms with Crippen molar-refractivity contribution < 1.29 is 14.4 Å². The first-order valence-corrected chi connectivity index (χ1v) is 12.4. The molecule has 0 aromatic rings. The number of nitrogens with zero attached hydrogens (tertiary/aromatic N) is 3. The molecule has 0 aromatic carbocycles. The highest BCUT2D eigenvalue weighted by Gasteiger charge is 2.55. The van der Waals surface area contributed by atoms with Gasteiger partial charge in [0.2, 0.25) is 5.91 Å². The second kappa shape index (κ2) is 10.3. The Bertz CT molecular complexity index is 659. The van der Waals surface area contributed by atoms with Gasteiger partial charge in [0, 0.05) is 32.1 Å². The predicted octanol–water partition coefficient (Wildman–Crippen LogP) is 3.24. The molecule has 3 fully saturated rings. The number of likely N-dealkylation sites (tertiary alicyclic amines) is 2. The number of hydrogen-bond donors (Lipinski definition) is 1. The zero-order valence-electron chi connectivity index (χ0n) is 20.0. The number of nitrogens with one attached hydrogen (secondary N) is 1. The van der Waals surface area contributed by atoms with Crippen molar-refractivity contribution in [3.8, 4) is 0 Å². The Morgan fingerprint density at radius 3 is 2.45 bits per heavy atom. The first-order chi connectivity index (χ1) is 14.8. The topological polar surface area (TPSA) is 73.0 Å². The van der Waals surface area contributed by atoms with Crippen molar-refractivity contribution in [3.05, 3.63) is 0 Å². The van der Waals surface area contributed by atoms with Crippen LogP contribution in [-0.2, 0) is 9.59 Å². The van der Waals surface area contributed by atoms with Gasteiger partial charge in [-0.05, 0) is 70.4 Å². The van der Waals surface area contributed by atoms with E-state index in [-0.39, 0.29) is 23.8 Å². The summed E-state index contributed by atoms with van der Waals surface area (Å²) in [6.45, 7) is 9.31. The number of amides is 4. The van der Waals surface area contributed by atoms with Gasteiger partial charge in [-0.3, -0.25) is 14.5 Å². The van der Waals surface area contributed by atoms with Crippen molar-refractivity contribution in [2.75, 3.05) is 33.2 Å². The fourth-order valence-corrected chi connectivity index (χ4v) is 5.71. The molecule has 3 aliphatic rings. The quantitative estimate of drug-likeness (QED) is 0.566. The van der Waals surface area contributed by atoms with E-state index in [1.807, 2.05) is 4.90 Å². The Labute approximate surface area is 187 Å². The van der Waals surface area contributed by atoms with Gasteiger partial charge in [0.1, 0.15) is 5.54 Å². The molecule has 3 heterocycles. The lowest BCUT2D eigenvalue weighted by Crippen LogP contribution is -2.56. The Balaban J connectivity index is 1.62. The monoisotopic (exact) mass is 434 g/mol. The van der Waals surface area contributed by atoms with E-state index in [1.165, 1.54) is 11.3 Å². The first-order valence-electron chi connectivity index (χ1n) is 12.4. The van der Waals surface area contributed by atoms with Crippen LogP contribution in [0.3, 0.4) is 0 Å². The molecule has 0 aromatic heterocycles. The van der Waals surface area contributed by atoms with Crippen LogP contribution in [0, 0.1) is 11.8 Å². The summed E-state index contributed by atoms with van der Waals surface area (Å²) in [5.41, 5.74) is -0.791. The van der Waals surface area contributed by atoms with Gasteiger partial charge in [0.15, 0.2) is 0 Å². The van der Waals surface area contributed by atoms with Crippen molar-refractivity contribution in [1.82, 2.24) is 20.0 Å². The second-order valence-electron chi connectivity index (χ2n) is 10.3. The predicted molar refractivity (Wildman–Crippen MR) is 122 cm³/mol. The summed E-state index contributed by atoms with van der Waals surface area (Å²) in [5.74, 6) is 0.804. The van der Waals surface area contributed by atoms with E-state index < -0.39 is 5.54 Å². The van der Waals surface area contributed by atoms with Gasteiger partial charge in [-0.1, -0.05) is 27.2 Å². The molecular formula is C24H42N4O3. The van der Waals surface area contributed by atoms with Crippen LogP contribution in [0.1, 0.15) is 78.6 Å². The third kappa shape index (κ3) is 5.24. The normalized spacial score (nSPS) is 28.1. The van der Waals surface area contributed by atoms with Gasteiger partial charge in [0.05, 0.1) is 0 Å². The number of urea groups is 1. The standard InChI is InChI=1S/C24H42N4O3/c1-5-13-24(19-10-15-27(16-11-19)21(29)9-8-18(2)3)22(30)28(23(31)25-24)17-12-20-7-6-14-26(20)4/h18-20H,5-17H2,1-4H3,(H,25,31)/t20-,24-/m0/s1. The van der Waals surface area contributed by atoms with Gasteiger partial charge in [-0.2, -0.15) is 0 Å². The van der Waals surface area contributed by atoms with Gasteiger partial charge in [-0.25, -0.2) is 4.79 Å². The van der Waals surface area contributed by atoms with Crippen LogP contribution in [0.25, 0.3) is 0 Å². The van der Waals surface area contributed by atoms with Gasteiger partial charge >= 0.3 is 6.03 Å². The fraction of sp³-hybridized carbons (Fsp3) is 0.875.